The maximum atomic E-state index is 14.3. The second-order valence-electron chi connectivity index (χ2n) is 15.0. The molecule has 0 heterocycles. The first-order chi connectivity index (χ1) is 31.4. The summed E-state index contributed by atoms with van der Waals surface area (Å²) in [5.74, 6) is -187. The van der Waals surface area contributed by atoms with Crippen molar-refractivity contribution in [3.63, 3.8) is 0 Å². The molecule has 0 aromatic carbocycles. The van der Waals surface area contributed by atoms with Gasteiger partial charge >= 0.3 is 131 Å². The molecule has 0 saturated heterocycles. The minimum absolute atomic E-state index is 3.16. The van der Waals surface area contributed by atoms with E-state index in [1.807, 2.05) is 0 Å². The van der Waals surface area contributed by atoms with Crippen LogP contribution in [0, 0.1) is 0 Å². The topological polar surface area (TPSA) is 52.0 Å². The van der Waals surface area contributed by atoms with Crippen LogP contribution >= 0.6 is 0 Å². The van der Waals surface area contributed by atoms with Gasteiger partial charge in [0.05, 0.1) is 0 Å². The largest absolute Gasteiger partial charge is 0.460 e. The van der Waals surface area contributed by atoms with Crippen LogP contribution in [-0.2, 0) is 0 Å². The van der Waals surface area contributed by atoms with E-state index in [1.165, 1.54) is 0 Å². The van der Waals surface area contributed by atoms with Crippen LogP contribution in [-0.4, -0.2) is 139 Å². The van der Waals surface area contributed by atoms with Crippen LogP contribution in [0.4, 0.5) is 202 Å². The summed E-state index contributed by atoms with van der Waals surface area (Å²) < 4.78 is 626. The number of hydrogen-bond acceptors (Lipinski definition) is 2. The minimum atomic E-state index is -9.91. The Bertz CT molecular complexity index is 1880. The molecule has 0 aliphatic carbocycles. The average Bonchev–Trinajstić information content (AvgIpc) is 3.17. The highest BCUT2D eigenvalue weighted by molar-refractivity contribution is 6.73. The second kappa shape index (κ2) is 18.0. The van der Waals surface area contributed by atoms with Crippen molar-refractivity contribution in [2.45, 2.75) is 156 Å². The Morgan fingerprint density at radius 2 is 0.280 bits per heavy atom. The zero-order valence-electron chi connectivity index (χ0n) is 32.9. The number of rotatable bonds is 24. The van der Waals surface area contributed by atoms with Gasteiger partial charge < -0.3 is 10.8 Å². The highest BCUT2D eigenvalue weighted by Gasteiger charge is 3.01. The standard InChI is InChI=1S/C26H12F46N2Si/c27-5(28,7(31,32)9(35,36)11(39,40)13(43,44)15(47,48)17(51,52)19(55,56)21(59,60)23(63,64)25(67,68)69)1-3-75(73,74)4-2-6(29,30)8(33,34)10(37,38)12(41,42)14(45,46)16(49,50)18(53,54)20(57,58)22(61,62)24(65,66)26(70,71)72/h1-4,73-74H2. The first-order valence-corrected chi connectivity index (χ1v) is 19.3. The van der Waals surface area contributed by atoms with Crippen LogP contribution < -0.4 is 10.8 Å². The van der Waals surface area contributed by atoms with Crippen molar-refractivity contribution in [3.8, 4) is 0 Å². The molecule has 0 radical (unpaired) electrons. The molecule has 0 spiro atoms. The van der Waals surface area contributed by atoms with Gasteiger partial charge in [0.25, 0.3) is 0 Å². The zero-order valence-corrected chi connectivity index (χ0v) is 33.9. The summed E-state index contributed by atoms with van der Waals surface area (Å²) >= 11 is 0. The summed E-state index contributed by atoms with van der Waals surface area (Å²) in [5, 5.41) is 9.19. The molecule has 452 valence electrons. The Morgan fingerprint density at radius 1 is 0.173 bits per heavy atom. The summed E-state index contributed by atoms with van der Waals surface area (Å²) in [6.45, 7) is 0. The molecule has 0 unspecified atom stereocenters. The van der Waals surface area contributed by atoms with Gasteiger partial charge in [-0.25, -0.2) is 0 Å². The van der Waals surface area contributed by atoms with E-state index >= 15 is 0 Å². The molecule has 0 aliphatic heterocycles. The summed E-state index contributed by atoms with van der Waals surface area (Å²) in [4.78, 5) is 0. The Labute approximate surface area is 378 Å². The van der Waals surface area contributed by atoms with Crippen LogP contribution in [0.2, 0.25) is 12.1 Å². The zero-order chi connectivity index (χ0) is 62.3. The Hall–Kier alpha value is -3.08. The normalized spacial score (nSPS) is 17.3. The third kappa shape index (κ3) is 9.24. The molecule has 0 rings (SSSR count). The van der Waals surface area contributed by atoms with Crippen molar-refractivity contribution in [2.75, 3.05) is 0 Å². The molecule has 4 N–H and O–H groups in total. The number of halogens is 46. The SMILES string of the molecule is N[Si](N)(CCC(F)(F)C(F)(F)C(F)(F)C(F)(F)C(F)(F)C(F)(F)C(F)(F)C(F)(F)C(F)(F)C(F)(F)C(F)(F)F)CCC(F)(F)C(F)(F)C(F)(F)C(F)(F)C(F)(F)C(F)(F)C(F)(F)C(F)(F)C(F)(F)C(F)(F)C(F)(F)F. The fourth-order valence-corrected chi connectivity index (χ4v) is 6.60. The van der Waals surface area contributed by atoms with Crippen molar-refractivity contribution < 1.29 is 202 Å². The van der Waals surface area contributed by atoms with Crippen molar-refractivity contribution >= 4 is 8.40 Å². The summed E-state index contributed by atoms with van der Waals surface area (Å²) in [6, 6.07) is -6.31. The van der Waals surface area contributed by atoms with Crippen LogP contribution in [0.1, 0.15) is 12.8 Å². The first-order valence-electron chi connectivity index (χ1n) is 16.7. The maximum Gasteiger partial charge on any atom is 0.460 e. The highest BCUT2D eigenvalue weighted by atomic mass is 28.3. The number of hydrogen-bond donors (Lipinski definition) is 2. The van der Waals surface area contributed by atoms with Gasteiger partial charge in [0.15, 0.2) is 8.40 Å². The van der Waals surface area contributed by atoms with Crippen molar-refractivity contribution in [1.82, 2.24) is 0 Å². The lowest BCUT2D eigenvalue weighted by atomic mass is 9.85. The minimum Gasteiger partial charge on any atom is -0.339 e. The van der Waals surface area contributed by atoms with E-state index in [0.717, 1.165) is 0 Å². The van der Waals surface area contributed by atoms with E-state index in [9.17, 15) is 202 Å². The molecule has 75 heavy (non-hydrogen) atoms. The van der Waals surface area contributed by atoms with Crippen LogP contribution in [0.3, 0.4) is 0 Å². The maximum absolute atomic E-state index is 14.3. The first kappa shape index (κ1) is 71.9. The van der Waals surface area contributed by atoms with Gasteiger partial charge in [-0.3, -0.25) is 0 Å². The van der Waals surface area contributed by atoms with E-state index in [2.05, 4.69) is 10.8 Å². The van der Waals surface area contributed by atoms with E-state index < -0.39 is 164 Å². The van der Waals surface area contributed by atoms with Crippen molar-refractivity contribution in [3.05, 3.63) is 0 Å². The third-order valence-corrected chi connectivity index (χ3v) is 12.1. The molecule has 0 amide bonds. The molecule has 0 bridgehead atoms. The molecule has 0 atom stereocenters. The molecular weight excluding hydrogens is 1240 g/mol. The average molecular weight is 1250 g/mol. The molecule has 49 heteroatoms. The predicted molar refractivity (Wildman–Crippen MR) is 144 cm³/mol. The van der Waals surface area contributed by atoms with E-state index in [4.69, 9.17) is 0 Å². The Balaban J connectivity index is 7.15. The molecular formula is C26H12F46N2Si. The van der Waals surface area contributed by atoms with Gasteiger partial charge in [0.1, 0.15) is 0 Å². The van der Waals surface area contributed by atoms with Gasteiger partial charge in [-0.1, -0.05) is 0 Å². The molecule has 0 aromatic heterocycles. The highest BCUT2D eigenvalue weighted by Crippen LogP contribution is 2.70. The summed E-state index contributed by atoms with van der Waals surface area (Å²) in [6.07, 6.45) is -24.9. The van der Waals surface area contributed by atoms with Gasteiger partial charge in [-0.2, -0.15) is 202 Å². The predicted octanol–water partition coefficient (Wildman–Crippen LogP) is 15.0. The van der Waals surface area contributed by atoms with Crippen LogP contribution in [0.25, 0.3) is 0 Å². The smallest absolute Gasteiger partial charge is 0.339 e. The second-order valence-corrected chi connectivity index (χ2v) is 18.4. The number of nitrogens with two attached hydrogens (primary N) is 2. The molecule has 0 fully saturated rings. The Morgan fingerprint density at radius 3 is 0.400 bits per heavy atom. The van der Waals surface area contributed by atoms with E-state index in [-0.39, 0.29) is 0 Å². The monoisotopic (exact) mass is 1250 g/mol. The molecule has 2 nitrogen and oxygen atoms in total. The summed E-state index contributed by atoms with van der Waals surface area (Å²) in [5.41, 5.74) is 0. The molecule has 0 aromatic rings. The fourth-order valence-electron chi connectivity index (χ4n) is 4.79. The van der Waals surface area contributed by atoms with Gasteiger partial charge in [0.2, 0.25) is 0 Å². The lowest BCUT2D eigenvalue weighted by Crippen LogP contribution is -2.77. The lowest BCUT2D eigenvalue weighted by Gasteiger charge is -2.45. The van der Waals surface area contributed by atoms with E-state index in [1.54, 1.807) is 0 Å². The third-order valence-electron chi connectivity index (χ3n) is 9.75. The van der Waals surface area contributed by atoms with Gasteiger partial charge in [0, 0.05) is 12.8 Å². The summed E-state index contributed by atoms with van der Waals surface area (Å²) in [7, 11) is -6.43. The number of alkyl halides is 46. The van der Waals surface area contributed by atoms with Crippen molar-refractivity contribution in [1.29, 1.82) is 0 Å². The fraction of sp³-hybridized carbons (Fsp3) is 1.00. The lowest BCUT2D eigenvalue weighted by molar-refractivity contribution is -0.478. The van der Waals surface area contributed by atoms with Crippen molar-refractivity contribution in [2.24, 2.45) is 10.8 Å². The quantitative estimate of drug-likeness (QED) is 0.0747. The van der Waals surface area contributed by atoms with Crippen LogP contribution in [0.15, 0.2) is 0 Å². The molecule has 0 aliphatic rings. The van der Waals surface area contributed by atoms with Gasteiger partial charge in [-0.15, -0.1) is 0 Å². The van der Waals surface area contributed by atoms with E-state index in [0.29, 0.717) is 0 Å². The van der Waals surface area contributed by atoms with Crippen LogP contribution in [0.5, 0.6) is 0 Å². The van der Waals surface area contributed by atoms with Gasteiger partial charge in [-0.05, 0) is 12.1 Å². The Kier molecular flexibility index (Phi) is 17.2. The molecule has 0 saturated carbocycles.